The lowest BCUT2D eigenvalue weighted by Gasteiger charge is -2.43. The van der Waals surface area contributed by atoms with Crippen LogP contribution in [0.2, 0.25) is 0 Å². The molecule has 3 rings (SSSR count). The Morgan fingerprint density at radius 2 is 2.10 bits per heavy atom. The third-order valence-corrected chi connectivity index (χ3v) is 4.33. The Balaban J connectivity index is 1.80. The molecule has 2 heterocycles. The zero-order valence-electron chi connectivity index (χ0n) is 12.0. The monoisotopic (exact) mass is 273 g/mol. The maximum atomic E-state index is 5.71. The van der Waals surface area contributed by atoms with Crippen LogP contribution in [0.3, 0.4) is 0 Å². The Hall–Kier alpha value is -1.59. The molecule has 108 valence electrons. The molecular weight excluding hydrogens is 250 g/mol. The van der Waals surface area contributed by atoms with Gasteiger partial charge in [-0.3, -0.25) is 10.3 Å². The van der Waals surface area contributed by atoms with Crippen LogP contribution in [0.5, 0.6) is 0 Å². The molecule has 0 radical (unpaired) electrons. The van der Waals surface area contributed by atoms with Crippen molar-refractivity contribution in [2.75, 3.05) is 19.6 Å². The summed E-state index contributed by atoms with van der Waals surface area (Å²) in [6.07, 6.45) is 2.60. The molecule has 2 fully saturated rings. The number of hydrogen-bond acceptors (Lipinski definition) is 3. The van der Waals surface area contributed by atoms with Crippen LogP contribution in [0.4, 0.5) is 5.69 Å². The van der Waals surface area contributed by atoms with Gasteiger partial charge in [0.25, 0.3) is 0 Å². The highest BCUT2D eigenvalue weighted by Crippen LogP contribution is 2.25. The number of hydrazine groups is 1. The highest BCUT2D eigenvalue weighted by atomic mass is 15.4. The normalized spacial score (nSPS) is 27.5. The number of aliphatic imine (C=N–C) groups is 1. The first-order valence-corrected chi connectivity index (χ1v) is 7.39. The second-order valence-corrected chi connectivity index (χ2v) is 5.71. The second-order valence-electron chi connectivity index (χ2n) is 5.71. The third kappa shape index (κ3) is 2.64. The van der Waals surface area contributed by atoms with E-state index < -0.39 is 0 Å². The molecule has 20 heavy (non-hydrogen) atoms. The summed E-state index contributed by atoms with van der Waals surface area (Å²) in [6.45, 7) is 5.59. The highest BCUT2D eigenvalue weighted by Gasteiger charge is 2.35. The predicted molar refractivity (Wildman–Crippen MR) is 81.6 cm³/mol. The van der Waals surface area contributed by atoms with Gasteiger partial charge in [-0.15, -0.1) is 0 Å². The summed E-state index contributed by atoms with van der Waals surface area (Å²) in [4.78, 5) is 9.55. The largest absolute Gasteiger partial charge is 0.336 e. The first-order chi connectivity index (χ1) is 9.78. The van der Waals surface area contributed by atoms with Crippen LogP contribution in [-0.2, 0) is 0 Å². The summed E-state index contributed by atoms with van der Waals surface area (Å²) in [5.74, 6) is 6.49. The molecule has 2 atom stereocenters. The summed E-state index contributed by atoms with van der Waals surface area (Å²) < 4.78 is 0. The summed E-state index contributed by atoms with van der Waals surface area (Å²) >= 11 is 0. The van der Waals surface area contributed by atoms with E-state index in [0.717, 1.165) is 24.7 Å². The minimum atomic E-state index is 0.433. The van der Waals surface area contributed by atoms with E-state index in [-0.39, 0.29) is 0 Å². The number of para-hydroxylation sites is 1. The number of piperazine rings is 1. The molecule has 5 heteroatoms. The van der Waals surface area contributed by atoms with E-state index in [2.05, 4.69) is 27.1 Å². The van der Waals surface area contributed by atoms with Gasteiger partial charge in [0.1, 0.15) is 0 Å². The van der Waals surface area contributed by atoms with Crippen LogP contribution < -0.4 is 11.3 Å². The molecule has 1 aromatic rings. The highest BCUT2D eigenvalue weighted by molar-refractivity contribution is 5.82. The molecule has 0 aromatic heterocycles. The smallest absolute Gasteiger partial charge is 0.213 e. The van der Waals surface area contributed by atoms with Gasteiger partial charge in [-0.25, -0.2) is 10.8 Å². The SMILES string of the molecule is CC1CN2CCCC2CN1C(=Nc1ccccc1)NN. The average molecular weight is 273 g/mol. The Morgan fingerprint density at radius 3 is 2.85 bits per heavy atom. The molecule has 2 aliphatic rings. The van der Waals surface area contributed by atoms with Crippen molar-refractivity contribution in [2.24, 2.45) is 10.8 Å². The van der Waals surface area contributed by atoms with Gasteiger partial charge in [-0.1, -0.05) is 18.2 Å². The van der Waals surface area contributed by atoms with Gasteiger partial charge in [-0.05, 0) is 38.4 Å². The summed E-state index contributed by atoms with van der Waals surface area (Å²) in [7, 11) is 0. The lowest BCUT2D eigenvalue weighted by atomic mass is 10.1. The lowest BCUT2D eigenvalue weighted by Crippen LogP contribution is -2.60. The predicted octanol–water partition coefficient (Wildman–Crippen LogP) is 1.31. The average Bonchev–Trinajstić information content (AvgIpc) is 2.92. The summed E-state index contributed by atoms with van der Waals surface area (Å²) in [5, 5.41) is 0. The van der Waals surface area contributed by atoms with Crippen molar-refractivity contribution in [1.82, 2.24) is 15.2 Å². The van der Waals surface area contributed by atoms with E-state index in [9.17, 15) is 0 Å². The van der Waals surface area contributed by atoms with Crippen LogP contribution in [0.1, 0.15) is 19.8 Å². The van der Waals surface area contributed by atoms with Gasteiger partial charge in [-0.2, -0.15) is 0 Å². The van der Waals surface area contributed by atoms with Gasteiger partial charge >= 0.3 is 0 Å². The van der Waals surface area contributed by atoms with Crippen molar-refractivity contribution < 1.29 is 0 Å². The van der Waals surface area contributed by atoms with Crippen molar-refractivity contribution in [2.45, 2.75) is 31.8 Å². The molecule has 2 unspecified atom stereocenters. The van der Waals surface area contributed by atoms with E-state index in [0.29, 0.717) is 12.1 Å². The Kier molecular flexibility index (Phi) is 3.89. The number of nitrogens with zero attached hydrogens (tertiary/aromatic N) is 3. The van der Waals surface area contributed by atoms with Gasteiger partial charge in [0.15, 0.2) is 0 Å². The molecule has 5 nitrogen and oxygen atoms in total. The van der Waals surface area contributed by atoms with E-state index in [1.165, 1.54) is 19.4 Å². The molecule has 0 spiro atoms. The molecule has 2 aliphatic heterocycles. The number of rotatable bonds is 1. The summed E-state index contributed by atoms with van der Waals surface area (Å²) in [6, 6.07) is 11.1. The van der Waals surface area contributed by atoms with Gasteiger partial charge < -0.3 is 4.90 Å². The van der Waals surface area contributed by atoms with Crippen molar-refractivity contribution in [3.63, 3.8) is 0 Å². The topological polar surface area (TPSA) is 56.9 Å². The zero-order valence-corrected chi connectivity index (χ0v) is 12.0. The molecule has 2 saturated heterocycles. The first kappa shape index (κ1) is 13.4. The standard InChI is InChI=1S/C15H23N5/c1-12-10-19-9-5-8-14(19)11-20(12)15(18-16)17-13-6-3-2-4-7-13/h2-4,6-7,12,14H,5,8-11,16H2,1H3,(H,17,18). The van der Waals surface area contributed by atoms with E-state index in [4.69, 9.17) is 5.84 Å². The number of nitrogens with one attached hydrogen (secondary N) is 1. The minimum absolute atomic E-state index is 0.433. The van der Waals surface area contributed by atoms with Crippen LogP contribution in [0.25, 0.3) is 0 Å². The number of guanidine groups is 1. The van der Waals surface area contributed by atoms with Crippen LogP contribution >= 0.6 is 0 Å². The maximum absolute atomic E-state index is 5.71. The molecule has 0 amide bonds. The fourth-order valence-corrected chi connectivity index (χ4v) is 3.29. The second kappa shape index (κ2) is 5.81. The maximum Gasteiger partial charge on any atom is 0.213 e. The number of benzene rings is 1. The number of hydrogen-bond donors (Lipinski definition) is 2. The van der Waals surface area contributed by atoms with Crippen LogP contribution in [-0.4, -0.2) is 47.5 Å². The quantitative estimate of drug-likeness (QED) is 0.350. The van der Waals surface area contributed by atoms with Crippen molar-refractivity contribution in [3.8, 4) is 0 Å². The zero-order chi connectivity index (χ0) is 13.9. The van der Waals surface area contributed by atoms with Gasteiger partial charge in [0.2, 0.25) is 5.96 Å². The number of fused-ring (bicyclic) bond motifs is 1. The third-order valence-electron chi connectivity index (χ3n) is 4.33. The molecule has 3 N–H and O–H groups in total. The van der Waals surface area contributed by atoms with Gasteiger partial charge in [0, 0.05) is 25.2 Å². The van der Waals surface area contributed by atoms with E-state index >= 15 is 0 Å². The Bertz CT molecular complexity index is 472. The Morgan fingerprint density at radius 1 is 1.30 bits per heavy atom. The van der Waals surface area contributed by atoms with Crippen LogP contribution in [0.15, 0.2) is 35.3 Å². The summed E-state index contributed by atoms with van der Waals surface area (Å²) in [5.41, 5.74) is 3.72. The van der Waals surface area contributed by atoms with Crippen molar-refractivity contribution in [3.05, 3.63) is 30.3 Å². The first-order valence-electron chi connectivity index (χ1n) is 7.39. The molecule has 0 bridgehead atoms. The fraction of sp³-hybridized carbons (Fsp3) is 0.533. The van der Waals surface area contributed by atoms with Crippen molar-refractivity contribution in [1.29, 1.82) is 0 Å². The van der Waals surface area contributed by atoms with E-state index in [1.807, 2.05) is 30.3 Å². The molecule has 1 aromatic carbocycles. The number of nitrogens with two attached hydrogens (primary N) is 1. The molecule has 0 aliphatic carbocycles. The van der Waals surface area contributed by atoms with E-state index in [1.54, 1.807) is 0 Å². The van der Waals surface area contributed by atoms with Crippen LogP contribution in [0, 0.1) is 0 Å². The fourth-order valence-electron chi connectivity index (χ4n) is 3.29. The minimum Gasteiger partial charge on any atom is -0.336 e. The van der Waals surface area contributed by atoms with Crippen molar-refractivity contribution >= 4 is 11.6 Å². The molecule has 0 saturated carbocycles. The Labute approximate surface area is 120 Å². The lowest BCUT2D eigenvalue weighted by molar-refractivity contribution is 0.106. The molecular formula is C15H23N5. The van der Waals surface area contributed by atoms with Gasteiger partial charge in [0.05, 0.1) is 5.69 Å².